The first kappa shape index (κ1) is 15.7. The first-order chi connectivity index (χ1) is 9.95. The van der Waals surface area contributed by atoms with Crippen molar-refractivity contribution in [1.82, 2.24) is 10.1 Å². The molecule has 2 rings (SSSR count). The van der Waals surface area contributed by atoms with Crippen LogP contribution in [-0.4, -0.2) is 16.2 Å². The van der Waals surface area contributed by atoms with Crippen LogP contribution in [0.2, 0.25) is 0 Å². The lowest BCUT2D eigenvalue weighted by Crippen LogP contribution is -2.24. The molecule has 1 aromatic heterocycles. The third kappa shape index (κ3) is 4.39. The highest BCUT2D eigenvalue weighted by Gasteiger charge is 2.13. The third-order valence-electron chi connectivity index (χ3n) is 3.51. The zero-order valence-electron chi connectivity index (χ0n) is 13.3. The van der Waals surface area contributed by atoms with Crippen LogP contribution in [0.5, 0.6) is 0 Å². The predicted octanol–water partition coefficient (Wildman–Crippen LogP) is 3.78. The summed E-state index contributed by atoms with van der Waals surface area (Å²) >= 11 is 0. The van der Waals surface area contributed by atoms with Gasteiger partial charge in [0.1, 0.15) is 0 Å². The lowest BCUT2D eigenvalue weighted by atomic mass is 10.0. The van der Waals surface area contributed by atoms with Crippen molar-refractivity contribution >= 4 is 0 Å². The minimum absolute atomic E-state index is 0.0709. The molecule has 0 fully saturated rings. The summed E-state index contributed by atoms with van der Waals surface area (Å²) in [5, 5.41) is 4.05. The second-order valence-corrected chi connectivity index (χ2v) is 6.38. The highest BCUT2D eigenvalue weighted by Crippen LogP contribution is 2.21. The van der Waals surface area contributed by atoms with E-state index in [2.05, 4.69) is 50.0 Å². The Morgan fingerprint density at radius 1 is 1.10 bits per heavy atom. The summed E-state index contributed by atoms with van der Waals surface area (Å²) in [5.74, 6) is 2.35. The molecule has 1 atom stereocenters. The summed E-state index contributed by atoms with van der Waals surface area (Å²) in [7, 11) is 0. The molecule has 21 heavy (non-hydrogen) atoms. The van der Waals surface area contributed by atoms with Crippen LogP contribution in [0.3, 0.4) is 0 Å². The van der Waals surface area contributed by atoms with Gasteiger partial charge in [-0.1, -0.05) is 57.1 Å². The Hall–Kier alpha value is -1.68. The number of rotatable bonds is 6. The number of hydrogen-bond acceptors (Lipinski definition) is 4. The van der Waals surface area contributed by atoms with E-state index in [4.69, 9.17) is 10.3 Å². The lowest BCUT2D eigenvalue weighted by Gasteiger charge is -2.10. The van der Waals surface area contributed by atoms with Crippen LogP contribution in [0.25, 0.3) is 11.4 Å². The molecule has 2 N–H and O–H groups in total. The molecule has 4 heteroatoms. The van der Waals surface area contributed by atoms with Crippen LogP contribution < -0.4 is 5.73 Å². The second kappa shape index (κ2) is 6.85. The smallest absolute Gasteiger partial charge is 0.228 e. The minimum atomic E-state index is 0.0709. The topological polar surface area (TPSA) is 64.9 Å². The van der Waals surface area contributed by atoms with Crippen molar-refractivity contribution < 1.29 is 4.52 Å². The van der Waals surface area contributed by atoms with Crippen LogP contribution in [0, 0.1) is 5.92 Å². The van der Waals surface area contributed by atoms with E-state index < -0.39 is 0 Å². The Balaban J connectivity index is 2.05. The monoisotopic (exact) mass is 287 g/mol. The standard InChI is InChI=1S/C17H25N3O/c1-11(2)9-15(18)10-16-19-17(20-21-16)14-7-5-13(6-8-14)12(3)4/h5-8,11-12,15H,9-10,18H2,1-4H3. The van der Waals surface area contributed by atoms with E-state index >= 15 is 0 Å². The molecule has 0 aliphatic carbocycles. The maximum Gasteiger partial charge on any atom is 0.228 e. The molecule has 4 nitrogen and oxygen atoms in total. The van der Waals surface area contributed by atoms with Crippen molar-refractivity contribution in [2.45, 2.75) is 52.5 Å². The summed E-state index contributed by atoms with van der Waals surface area (Å²) in [6, 6.07) is 8.37. The van der Waals surface area contributed by atoms with Crippen molar-refractivity contribution in [2.24, 2.45) is 11.7 Å². The minimum Gasteiger partial charge on any atom is -0.339 e. The zero-order chi connectivity index (χ0) is 15.4. The van der Waals surface area contributed by atoms with Crippen molar-refractivity contribution in [3.8, 4) is 11.4 Å². The molecule has 1 heterocycles. The molecule has 0 aliphatic rings. The molecule has 2 aromatic rings. The van der Waals surface area contributed by atoms with E-state index in [-0.39, 0.29) is 6.04 Å². The number of nitrogens with zero attached hydrogens (tertiary/aromatic N) is 2. The molecule has 114 valence electrons. The van der Waals surface area contributed by atoms with Gasteiger partial charge in [0.15, 0.2) is 0 Å². The van der Waals surface area contributed by atoms with E-state index in [1.54, 1.807) is 0 Å². The number of nitrogens with two attached hydrogens (primary N) is 1. The van der Waals surface area contributed by atoms with Crippen LogP contribution in [0.1, 0.15) is 51.5 Å². The molecule has 0 aliphatic heterocycles. The van der Waals surface area contributed by atoms with Crippen molar-refractivity contribution in [3.63, 3.8) is 0 Å². The Kier molecular flexibility index (Phi) is 5.12. The number of hydrogen-bond donors (Lipinski definition) is 1. The number of aromatic nitrogens is 2. The van der Waals surface area contributed by atoms with Gasteiger partial charge in [0.25, 0.3) is 0 Å². The maximum atomic E-state index is 6.08. The van der Waals surface area contributed by atoms with Gasteiger partial charge in [-0.25, -0.2) is 0 Å². The fraction of sp³-hybridized carbons (Fsp3) is 0.529. The Morgan fingerprint density at radius 3 is 2.33 bits per heavy atom. The quantitative estimate of drug-likeness (QED) is 0.878. The molecule has 1 aromatic carbocycles. The first-order valence-corrected chi connectivity index (χ1v) is 7.64. The molecular formula is C17H25N3O. The summed E-state index contributed by atoms with van der Waals surface area (Å²) in [5.41, 5.74) is 8.37. The molecule has 1 unspecified atom stereocenters. The highest BCUT2D eigenvalue weighted by atomic mass is 16.5. The Bertz CT molecular complexity index is 558. The first-order valence-electron chi connectivity index (χ1n) is 7.64. The molecular weight excluding hydrogens is 262 g/mol. The molecule has 0 radical (unpaired) electrons. The van der Waals surface area contributed by atoms with Gasteiger partial charge in [0, 0.05) is 18.0 Å². The van der Waals surface area contributed by atoms with E-state index in [9.17, 15) is 0 Å². The average Bonchev–Trinajstić information content (AvgIpc) is 2.86. The number of benzene rings is 1. The van der Waals surface area contributed by atoms with Crippen LogP contribution in [0.15, 0.2) is 28.8 Å². The van der Waals surface area contributed by atoms with E-state index in [0.29, 0.717) is 30.0 Å². The second-order valence-electron chi connectivity index (χ2n) is 6.38. The van der Waals surface area contributed by atoms with Gasteiger partial charge in [0.2, 0.25) is 11.7 Å². The molecule has 0 bridgehead atoms. The van der Waals surface area contributed by atoms with E-state index in [0.717, 1.165) is 12.0 Å². The third-order valence-corrected chi connectivity index (χ3v) is 3.51. The maximum absolute atomic E-state index is 6.08. The van der Waals surface area contributed by atoms with Crippen molar-refractivity contribution in [3.05, 3.63) is 35.7 Å². The molecule has 0 amide bonds. The predicted molar refractivity (Wildman–Crippen MR) is 85.0 cm³/mol. The van der Waals surface area contributed by atoms with Gasteiger partial charge in [0.05, 0.1) is 0 Å². The van der Waals surface area contributed by atoms with Gasteiger partial charge in [-0.15, -0.1) is 0 Å². The lowest BCUT2D eigenvalue weighted by molar-refractivity contribution is 0.359. The summed E-state index contributed by atoms with van der Waals surface area (Å²) in [6.07, 6.45) is 1.59. The van der Waals surface area contributed by atoms with Crippen molar-refractivity contribution in [1.29, 1.82) is 0 Å². The van der Waals surface area contributed by atoms with Crippen LogP contribution in [-0.2, 0) is 6.42 Å². The van der Waals surface area contributed by atoms with Crippen molar-refractivity contribution in [2.75, 3.05) is 0 Å². The Labute approximate surface area is 126 Å². The van der Waals surface area contributed by atoms with Crippen LogP contribution in [0.4, 0.5) is 0 Å². The van der Waals surface area contributed by atoms with Gasteiger partial charge in [-0.05, 0) is 23.8 Å². The van der Waals surface area contributed by atoms with Gasteiger partial charge in [-0.2, -0.15) is 4.98 Å². The highest BCUT2D eigenvalue weighted by molar-refractivity contribution is 5.54. The summed E-state index contributed by atoms with van der Waals surface area (Å²) in [6.45, 7) is 8.68. The Morgan fingerprint density at radius 2 is 1.76 bits per heavy atom. The fourth-order valence-corrected chi connectivity index (χ4v) is 2.39. The fourth-order valence-electron chi connectivity index (χ4n) is 2.39. The zero-order valence-corrected chi connectivity index (χ0v) is 13.3. The largest absolute Gasteiger partial charge is 0.339 e. The SMILES string of the molecule is CC(C)CC(N)Cc1nc(-c2ccc(C(C)C)cc2)no1. The molecule has 0 saturated carbocycles. The van der Waals surface area contributed by atoms with E-state index in [1.807, 2.05) is 12.1 Å². The summed E-state index contributed by atoms with van der Waals surface area (Å²) < 4.78 is 5.31. The average molecular weight is 287 g/mol. The van der Waals surface area contributed by atoms with Crippen LogP contribution >= 0.6 is 0 Å². The van der Waals surface area contributed by atoms with Gasteiger partial charge < -0.3 is 10.3 Å². The van der Waals surface area contributed by atoms with E-state index in [1.165, 1.54) is 5.56 Å². The molecule has 0 spiro atoms. The summed E-state index contributed by atoms with van der Waals surface area (Å²) in [4.78, 5) is 4.44. The normalized spacial score (nSPS) is 13.1. The van der Waals surface area contributed by atoms with Gasteiger partial charge >= 0.3 is 0 Å². The molecule has 0 saturated heterocycles. The van der Waals surface area contributed by atoms with Gasteiger partial charge in [-0.3, -0.25) is 0 Å².